The monoisotopic (exact) mass is 370 g/mol. The fourth-order valence-electron chi connectivity index (χ4n) is 3.42. The van der Waals surface area contributed by atoms with Crippen LogP contribution in [-0.2, 0) is 14.6 Å². The Morgan fingerprint density at radius 3 is 2.40 bits per heavy atom. The Hall–Kier alpha value is -1.82. The number of nitriles is 1. The van der Waals surface area contributed by atoms with Crippen molar-refractivity contribution in [2.75, 3.05) is 31.6 Å². The van der Waals surface area contributed by atoms with Crippen LogP contribution in [0.2, 0.25) is 0 Å². The molecule has 1 atom stereocenters. The second-order valence-corrected chi connectivity index (χ2v) is 9.18. The molecule has 2 aliphatic rings. The Morgan fingerprint density at radius 2 is 1.84 bits per heavy atom. The molecule has 0 unspecified atom stereocenters. The minimum atomic E-state index is -3.07. The van der Waals surface area contributed by atoms with E-state index in [1.54, 1.807) is 6.19 Å². The molecule has 1 aliphatic heterocycles. The largest absolute Gasteiger partial charge is 0.326 e. The number of rotatable bonds is 4. The molecule has 2 fully saturated rings. The van der Waals surface area contributed by atoms with E-state index in [1.807, 2.05) is 0 Å². The normalized spacial score (nSPS) is 21.8. The van der Waals surface area contributed by atoms with Crippen LogP contribution >= 0.6 is 0 Å². The van der Waals surface area contributed by atoms with Gasteiger partial charge in [0.15, 0.2) is 16.0 Å². The van der Waals surface area contributed by atoms with Crippen molar-refractivity contribution >= 4 is 21.8 Å². The third-order valence-corrected chi connectivity index (χ3v) is 6.61. The van der Waals surface area contributed by atoms with Crippen LogP contribution in [0.3, 0.4) is 0 Å². The van der Waals surface area contributed by atoms with Gasteiger partial charge in [0.25, 0.3) is 5.91 Å². The van der Waals surface area contributed by atoms with Gasteiger partial charge in [-0.05, 0) is 12.3 Å². The SMILES string of the molecule is CN(C#N)C(=O)[C@H](CC1CCCCC1)NC(=O)N1CCS(=O)(=O)CC1. The lowest BCUT2D eigenvalue weighted by molar-refractivity contribution is -0.129. The zero-order chi connectivity index (χ0) is 18.4. The highest BCUT2D eigenvalue weighted by Crippen LogP contribution is 2.27. The van der Waals surface area contributed by atoms with E-state index in [2.05, 4.69) is 5.32 Å². The number of likely N-dealkylation sites (N-methyl/N-ethyl adjacent to an activating group) is 1. The molecule has 1 saturated heterocycles. The van der Waals surface area contributed by atoms with Gasteiger partial charge in [-0.1, -0.05) is 32.1 Å². The minimum absolute atomic E-state index is 0.0558. The molecule has 1 aliphatic carbocycles. The summed E-state index contributed by atoms with van der Waals surface area (Å²) in [6.45, 7) is 0.263. The summed E-state index contributed by atoms with van der Waals surface area (Å²) in [6, 6.07) is -1.19. The van der Waals surface area contributed by atoms with Gasteiger partial charge >= 0.3 is 6.03 Å². The van der Waals surface area contributed by atoms with Crippen LogP contribution in [0.4, 0.5) is 4.79 Å². The molecule has 9 heteroatoms. The summed E-state index contributed by atoms with van der Waals surface area (Å²) in [7, 11) is -1.69. The molecule has 1 saturated carbocycles. The summed E-state index contributed by atoms with van der Waals surface area (Å²) in [5.41, 5.74) is 0. The standard InChI is InChI=1S/C16H26N4O4S/c1-19(12-17)15(21)14(11-13-5-3-2-4-6-13)18-16(22)20-7-9-25(23,24)10-8-20/h13-14H,2-11H2,1H3,(H,18,22)/t14-/m0/s1. The van der Waals surface area contributed by atoms with Crippen molar-refractivity contribution in [1.29, 1.82) is 5.26 Å². The summed E-state index contributed by atoms with van der Waals surface area (Å²) in [5, 5.41) is 11.7. The number of hydrogen-bond acceptors (Lipinski definition) is 5. The van der Waals surface area contributed by atoms with Crippen LogP contribution in [0.25, 0.3) is 0 Å². The number of carbonyl (C=O) groups excluding carboxylic acids is 2. The van der Waals surface area contributed by atoms with Gasteiger partial charge in [0.2, 0.25) is 0 Å². The Morgan fingerprint density at radius 1 is 1.24 bits per heavy atom. The lowest BCUT2D eigenvalue weighted by Gasteiger charge is -2.31. The molecule has 140 valence electrons. The van der Waals surface area contributed by atoms with Crippen molar-refractivity contribution in [3.63, 3.8) is 0 Å². The molecule has 25 heavy (non-hydrogen) atoms. The number of nitrogens with zero attached hydrogens (tertiary/aromatic N) is 3. The Labute approximate surface area is 149 Å². The number of sulfone groups is 1. The summed E-state index contributed by atoms with van der Waals surface area (Å²) >= 11 is 0. The maximum atomic E-state index is 12.4. The van der Waals surface area contributed by atoms with Gasteiger partial charge in [-0.2, -0.15) is 5.26 Å². The topological polar surface area (TPSA) is 111 Å². The molecule has 2 rings (SSSR count). The van der Waals surface area contributed by atoms with Gasteiger partial charge in [-0.3, -0.25) is 9.69 Å². The van der Waals surface area contributed by atoms with Crippen LogP contribution in [0.5, 0.6) is 0 Å². The molecule has 8 nitrogen and oxygen atoms in total. The van der Waals surface area contributed by atoms with Crippen LogP contribution in [0.15, 0.2) is 0 Å². The van der Waals surface area contributed by atoms with E-state index in [1.165, 1.54) is 18.4 Å². The van der Waals surface area contributed by atoms with Gasteiger partial charge in [-0.15, -0.1) is 0 Å². The Balaban J connectivity index is 2.00. The van der Waals surface area contributed by atoms with E-state index < -0.39 is 27.8 Å². The van der Waals surface area contributed by atoms with Crippen molar-refractivity contribution in [2.24, 2.45) is 5.92 Å². The summed E-state index contributed by atoms with van der Waals surface area (Å²) in [4.78, 5) is 27.3. The lowest BCUT2D eigenvalue weighted by atomic mass is 9.84. The van der Waals surface area contributed by atoms with Crippen molar-refractivity contribution < 1.29 is 18.0 Å². The predicted molar refractivity (Wildman–Crippen MR) is 92.1 cm³/mol. The number of urea groups is 1. The minimum Gasteiger partial charge on any atom is -0.326 e. The molecule has 1 heterocycles. The third-order valence-electron chi connectivity index (χ3n) is 5.00. The first-order chi connectivity index (χ1) is 11.8. The Kier molecular flexibility index (Phi) is 6.64. The highest BCUT2D eigenvalue weighted by molar-refractivity contribution is 7.91. The number of amides is 3. The lowest BCUT2D eigenvalue weighted by Crippen LogP contribution is -2.54. The first-order valence-corrected chi connectivity index (χ1v) is 10.6. The second-order valence-electron chi connectivity index (χ2n) is 6.88. The first-order valence-electron chi connectivity index (χ1n) is 8.75. The maximum absolute atomic E-state index is 12.4. The molecular weight excluding hydrogens is 344 g/mol. The average Bonchev–Trinajstić information content (AvgIpc) is 2.60. The predicted octanol–water partition coefficient (Wildman–Crippen LogP) is 0.705. The average molecular weight is 370 g/mol. The molecule has 3 amide bonds. The van der Waals surface area contributed by atoms with Crippen molar-refractivity contribution in [3.8, 4) is 6.19 Å². The van der Waals surface area contributed by atoms with Crippen LogP contribution in [0.1, 0.15) is 38.5 Å². The third kappa shape index (κ3) is 5.59. The second kappa shape index (κ2) is 8.52. The molecule has 0 bridgehead atoms. The van der Waals surface area contributed by atoms with Crippen molar-refractivity contribution in [3.05, 3.63) is 0 Å². The zero-order valence-electron chi connectivity index (χ0n) is 14.6. The van der Waals surface area contributed by atoms with E-state index in [4.69, 9.17) is 5.26 Å². The van der Waals surface area contributed by atoms with E-state index in [0.717, 1.165) is 30.6 Å². The number of hydrogen-bond donors (Lipinski definition) is 1. The van der Waals surface area contributed by atoms with Crippen LogP contribution in [-0.4, -0.2) is 67.8 Å². The first kappa shape index (κ1) is 19.5. The molecule has 0 spiro atoms. The Bertz CT molecular complexity index is 623. The van der Waals surface area contributed by atoms with Gasteiger partial charge in [0.1, 0.15) is 6.04 Å². The zero-order valence-corrected chi connectivity index (χ0v) is 15.4. The fraction of sp³-hybridized carbons (Fsp3) is 0.812. The van der Waals surface area contributed by atoms with Gasteiger partial charge in [-0.25, -0.2) is 13.2 Å². The summed E-state index contributed by atoms with van der Waals surface area (Å²) in [6.07, 6.45) is 7.79. The number of carbonyl (C=O) groups is 2. The van der Waals surface area contributed by atoms with E-state index >= 15 is 0 Å². The smallest absolute Gasteiger partial charge is 0.318 e. The van der Waals surface area contributed by atoms with E-state index in [-0.39, 0.29) is 24.6 Å². The number of nitrogens with one attached hydrogen (secondary N) is 1. The molecular formula is C16H26N4O4S. The van der Waals surface area contributed by atoms with Crippen molar-refractivity contribution in [2.45, 2.75) is 44.6 Å². The van der Waals surface area contributed by atoms with E-state index in [0.29, 0.717) is 12.3 Å². The molecule has 0 aromatic rings. The van der Waals surface area contributed by atoms with E-state index in [9.17, 15) is 18.0 Å². The summed E-state index contributed by atoms with van der Waals surface area (Å²) in [5.74, 6) is -0.178. The highest BCUT2D eigenvalue weighted by atomic mass is 32.2. The molecule has 0 aromatic carbocycles. The van der Waals surface area contributed by atoms with Gasteiger partial charge in [0, 0.05) is 20.1 Å². The molecule has 0 radical (unpaired) electrons. The maximum Gasteiger partial charge on any atom is 0.318 e. The highest BCUT2D eigenvalue weighted by Gasteiger charge is 2.31. The molecule has 1 N–H and O–H groups in total. The molecule has 0 aromatic heterocycles. The van der Waals surface area contributed by atoms with Crippen LogP contribution < -0.4 is 5.32 Å². The van der Waals surface area contributed by atoms with Gasteiger partial charge in [0.05, 0.1) is 11.5 Å². The summed E-state index contributed by atoms with van der Waals surface area (Å²) < 4.78 is 23.0. The van der Waals surface area contributed by atoms with Crippen LogP contribution in [0, 0.1) is 17.4 Å². The van der Waals surface area contributed by atoms with Gasteiger partial charge < -0.3 is 10.2 Å². The fourth-order valence-corrected chi connectivity index (χ4v) is 4.62. The quantitative estimate of drug-likeness (QED) is 0.579. The van der Waals surface area contributed by atoms with Crippen molar-refractivity contribution in [1.82, 2.24) is 15.1 Å².